The number of sulfonamides is 1. The Balaban J connectivity index is 1.63. The summed E-state index contributed by atoms with van der Waals surface area (Å²) in [6.07, 6.45) is 5.83. The third-order valence-corrected chi connectivity index (χ3v) is 6.74. The van der Waals surface area contributed by atoms with Crippen molar-refractivity contribution in [3.8, 4) is 11.4 Å². The third kappa shape index (κ3) is 4.23. The highest BCUT2D eigenvalue weighted by Crippen LogP contribution is 2.28. The van der Waals surface area contributed by atoms with Crippen molar-refractivity contribution in [2.45, 2.75) is 56.9 Å². The number of nitrogens with zero attached hydrogens (tertiary/aromatic N) is 3. The van der Waals surface area contributed by atoms with Crippen molar-refractivity contribution < 1.29 is 12.8 Å². The molecule has 0 bridgehead atoms. The summed E-state index contributed by atoms with van der Waals surface area (Å²) in [5.41, 5.74) is 1.62. The van der Waals surface area contributed by atoms with Crippen LogP contribution in [0.3, 0.4) is 0 Å². The molecule has 0 radical (unpaired) electrons. The van der Waals surface area contributed by atoms with Gasteiger partial charge in [0.1, 0.15) is 11.6 Å². The number of halogens is 1. The molecule has 4 rings (SSSR count). The molecule has 8 heteroatoms. The van der Waals surface area contributed by atoms with Gasteiger partial charge in [-0.3, -0.25) is 4.72 Å². The van der Waals surface area contributed by atoms with Gasteiger partial charge < -0.3 is 4.57 Å². The number of rotatable bonds is 6. The zero-order valence-electron chi connectivity index (χ0n) is 16.9. The van der Waals surface area contributed by atoms with Crippen LogP contribution in [0.2, 0.25) is 0 Å². The fraction of sp³-hybridized carbons (Fsp3) is 0.364. The second kappa shape index (κ2) is 8.55. The molecule has 0 unspecified atom stereocenters. The number of aromatic nitrogens is 3. The molecule has 2 aromatic carbocycles. The number of hydrogen-bond acceptors (Lipinski definition) is 4. The first-order chi connectivity index (χ1) is 14.5. The average Bonchev–Trinajstić information content (AvgIpc) is 2.97. The Hall–Kier alpha value is -2.74. The first-order valence-corrected chi connectivity index (χ1v) is 11.8. The van der Waals surface area contributed by atoms with E-state index in [2.05, 4.69) is 21.8 Å². The van der Waals surface area contributed by atoms with Gasteiger partial charge in [0, 0.05) is 18.7 Å². The Morgan fingerprint density at radius 2 is 1.87 bits per heavy atom. The molecule has 0 fully saturated rings. The van der Waals surface area contributed by atoms with Crippen LogP contribution in [0.1, 0.15) is 44.0 Å². The predicted octanol–water partition coefficient (Wildman–Crippen LogP) is 4.56. The van der Waals surface area contributed by atoms with Gasteiger partial charge in [-0.2, -0.15) is 0 Å². The van der Waals surface area contributed by atoms with Crippen LogP contribution in [0.25, 0.3) is 11.4 Å². The summed E-state index contributed by atoms with van der Waals surface area (Å²) in [6, 6.07) is 11.0. The minimum Gasteiger partial charge on any atom is -0.311 e. The Morgan fingerprint density at radius 3 is 2.63 bits per heavy atom. The maximum atomic E-state index is 14.6. The highest BCUT2D eigenvalue weighted by Gasteiger charge is 2.20. The molecule has 0 saturated heterocycles. The van der Waals surface area contributed by atoms with E-state index >= 15 is 0 Å². The molecule has 0 atom stereocenters. The molecular weight excluding hydrogens is 403 g/mol. The summed E-state index contributed by atoms with van der Waals surface area (Å²) < 4.78 is 44.7. The van der Waals surface area contributed by atoms with E-state index in [9.17, 15) is 12.8 Å². The molecule has 3 aromatic rings. The maximum absolute atomic E-state index is 14.6. The lowest BCUT2D eigenvalue weighted by Gasteiger charge is -2.12. The fourth-order valence-electron chi connectivity index (χ4n) is 3.78. The van der Waals surface area contributed by atoms with Gasteiger partial charge in [-0.15, -0.1) is 10.2 Å². The minimum absolute atomic E-state index is 0.171. The number of hydrogen-bond donors (Lipinski definition) is 1. The number of fused-ring (bicyclic) bond motifs is 1. The maximum Gasteiger partial charge on any atom is 0.261 e. The largest absolute Gasteiger partial charge is 0.311 e. The van der Waals surface area contributed by atoms with Crippen LogP contribution < -0.4 is 4.72 Å². The van der Waals surface area contributed by atoms with Crippen LogP contribution in [-0.2, 0) is 29.4 Å². The Kier molecular flexibility index (Phi) is 5.85. The van der Waals surface area contributed by atoms with Crippen LogP contribution in [-0.4, -0.2) is 23.2 Å². The summed E-state index contributed by atoms with van der Waals surface area (Å²) >= 11 is 0. The van der Waals surface area contributed by atoms with Crippen molar-refractivity contribution in [1.82, 2.24) is 14.8 Å². The van der Waals surface area contributed by atoms with Gasteiger partial charge in [-0.25, -0.2) is 12.8 Å². The molecule has 2 heterocycles. The fourth-order valence-corrected chi connectivity index (χ4v) is 4.83. The molecule has 1 N–H and O–H groups in total. The quantitative estimate of drug-likeness (QED) is 0.624. The lowest BCUT2D eigenvalue weighted by molar-refractivity contribution is 0.601. The molecule has 0 aliphatic carbocycles. The van der Waals surface area contributed by atoms with Crippen molar-refractivity contribution in [1.29, 1.82) is 0 Å². The van der Waals surface area contributed by atoms with Crippen molar-refractivity contribution in [2.75, 3.05) is 4.72 Å². The standard InChI is InChI=1S/C22H25FN4O2S/c1-2-6-16-8-11-18(12-9-16)30(28,29)26-17-10-13-20(23)19(15-17)22-25-24-21-7-4-3-5-14-27(21)22/h8-13,15,26H,2-7,14H2,1H3. The Morgan fingerprint density at radius 1 is 1.07 bits per heavy atom. The summed E-state index contributed by atoms with van der Waals surface area (Å²) in [7, 11) is -3.78. The summed E-state index contributed by atoms with van der Waals surface area (Å²) in [5, 5.41) is 8.41. The molecule has 0 amide bonds. The number of aryl methyl sites for hydroxylation is 2. The molecular formula is C22H25FN4O2S. The monoisotopic (exact) mass is 428 g/mol. The zero-order valence-corrected chi connectivity index (χ0v) is 17.8. The highest BCUT2D eigenvalue weighted by molar-refractivity contribution is 7.92. The minimum atomic E-state index is -3.78. The molecule has 0 saturated carbocycles. The van der Waals surface area contributed by atoms with Crippen LogP contribution in [0.5, 0.6) is 0 Å². The normalized spacial score (nSPS) is 14.2. The molecule has 30 heavy (non-hydrogen) atoms. The Bertz CT molecular complexity index is 1140. The average molecular weight is 429 g/mol. The van der Waals surface area contributed by atoms with E-state index in [-0.39, 0.29) is 16.1 Å². The zero-order chi connectivity index (χ0) is 21.1. The van der Waals surface area contributed by atoms with Crippen molar-refractivity contribution in [2.24, 2.45) is 0 Å². The molecule has 1 aliphatic rings. The molecule has 1 aromatic heterocycles. The van der Waals surface area contributed by atoms with Gasteiger partial charge in [0.2, 0.25) is 0 Å². The summed E-state index contributed by atoms with van der Waals surface area (Å²) in [6.45, 7) is 2.81. The second-order valence-corrected chi connectivity index (χ2v) is 9.28. The van der Waals surface area contributed by atoms with Gasteiger partial charge in [-0.05, 0) is 55.2 Å². The van der Waals surface area contributed by atoms with Gasteiger partial charge in [0.05, 0.1) is 10.5 Å². The van der Waals surface area contributed by atoms with E-state index in [1.54, 1.807) is 12.1 Å². The van der Waals surface area contributed by atoms with E-state index in [4.69, 9.17) is 0 Å². The van der Waals surface area contributed by atoms with Crippen LogP contribution >= 0.6 is 0 Å². The van der Waals surface area contributed by atoms with E-state index in [1.165, 1.54) is 18.2 Å². The number of benzene rings is 2. The van der Waals surface area contributed by atoms with Crippen LogP contribution in [0.4, 0.5) is 10.1 Å². The highest BCUT2D eigenvalue weighted by atomic mass is 32.2. The number of nitrogens with one attached hydrogen (secondary N) is 1. The lowest BCUT2D eigenvalue weighted by atomic mass is 10.1. The van der Waals surface area contributed by atoms with E-state index in [0.29, 0.717) is 5.82 Å². The second-order valence-electron chi connectivity index (χ2n) is 7.60. The first-order valence-electron chi connectivity index (χ1n) is 10.3. The van der Waals surface area contributed by atoms with Crippen molar-refractivity contribution >= 4 is 15.7 Å². The smallest absolute Gasteiger partial charge is 0.261 e. The van der Waals surface area contributed by atoms with E-state index in [0.717, 1.165) is 56.5 Å². The first kappa shape index (κ1) is 20.5. The van der Waals surface area contributed by atoms with Gasteiger partial charge in [0.25, 0.3) is 10.0 Å². The van der Waals surface area contributed by atoms with E-state index < -0.39 is 15.8 Å². The molecule has 0 spiro atoms. The summed E-state index contributed by atoms with van der Waals surface area (Å²) in [5.74, 6) is 0.829. The van der Waals surface area contributed by atoms with Crippen LogP contribution in [0.15, 0.2) is 47.4 Å². The lowest BCUT2D eigenvalue weighted by Crippen LogP contribution is -2.13. The predicted molar refractivity (Wildman–Crippen MR) is 114 cm³/mol. The third-order valence-electron chi connectivity index (χ3n) is 5.34. The van der Waals surface area contributed by atoms with Crippen LogP contribution in [0, 0.1) is 5.82 Å². The van der Waals surface area contributed by atoms with Crippen molar-refractivity contribution in [3.05, 3.63) is 59.7 Å². The topological polar surface area (TPSA) is 76.9 Å². The molecule has 6 nitrogen and oxygen atoms in total. The molecule has 158 valence electrons. The van der Waals surface area contributed by atoms with Gasteiger partial charge in [-0.1, -0.05) is 31.9 Å². The summed E-state index contributed by atoms with van der Waals surface area (Å²) in [4.78, 5) is 0.171. The van der Waals surface area contributed by atoms with Gasteiger partial charge in [0.15, 0.2) is 5.82 Å². The molecule has 1 aliphatic heterocycles. The Labute approximate surface area is 176 Å². The van der Waals surface area contributed by atoms with Gasteiger partial charge >= 0.3 is 0 Å². The van der Waals surface area contributed by atoms with E-state index in [1.807, 2.05) is 16.7 Å². The van der Waals surface area contributed by atoms with Crippen molar-refractivity contribution in [3.63, 3.8) is 0 Å². The number of anilines is 1. The SMILES string of the molecule is CCCc1ccc(S(=O)(=O)Nc2ccc(F)c(-c3nnc4n3CCCCC4)c2)cc1.